The van der Waals surface area contributed by atoms with Crippen LogP contribution in [0.4, 0.5) is 5.69 Å². The minimum atomic E-state index is -0.364. The predicted octanol–water partition coefficient (Wildman–Crippen LogP) is 2.93. The smallest absolute Gasteiger partial charge is 0.309 e. The van der Waals surface area contributed by atoms with Crippen molar-refractivity contribution in [2.24, 2.45) is 17.8 Å². The van der Waals surface area contributed by atoms with E-state index in [0.717, 1.165) is 31.4 Å². The summed E-state index contributed by atoms with van der Waals surface area (Å²) in [6, 6.07) is 6.85. The molecule has 28 heavy (non-hydrogen) atoms. The molecule has 2 saturated carbocycles. The van der Waals surface area contributed by atoms with Crippen LogP contribution in [0.3, 0.4) is 0 Å². The van der Waals surface area contributed by atoms with Crippen LogP contribution in [-0.4, -0.2) is 36.6 Å². The second kappa shape index (κ2) is 7.86. The number of Topliss-reactive ketones (excluding diaryl/α,β-unsaturated/α-hetero) is 2. The molecule has 1 saturated heterocycles. The van der Waals surface area contributed by atoms with Gasteiger partial charge in [0.1, 0.15) is 5.78 Å². The third-order valence-corrected chi connectivity index (χ3v) is 6.30. The maximum absolute atomic E-state index is 12.4. The number of nitrogens with zero attached hydrogens (tertiary/aromatic N) is 1. The van der Waals surface area contributed by atoms with Crippen LogP contribution in [-0.2, 0) is 19.1 Å². The number of ether oxygens (including phenoxy) is 1. The van der Waals surface area contributed by atoms with E-state index in [9.17, 15) is 19.2 Å². The molecule has 1 heterocycles. The van der Waals surface area contributed by atoms with Crippen molar-refractivity contribution in [2.45, 2.75) is 44.9 Å². The van der Waals surface area contributed by atoms with Crippen LogP contribution in [0.2, 0.25) is 0 Å². The summed E-state index contributed by atoms with van der Waals surface area (Å²) in [6.07, 6.45) is 5.31. The molecule has 6 nitrogen and oxygen atoms in total. The summed E-state index contributed by atoms with van der Waals surface area (Å²) < 4.78 is 5.28. The lowest BCUT2D eigenvalue weighted by Gasteiger charge is -2.36. The molecule has 1 amide bonds. The minimum absolute atomic E-state index is 0.0124. The van der Waals surface area contributed by atoms with Crippen LogP contribution in [0.15, 0.2) is 24.3 Å². The zero-order chi connectivity index (χ0) is 19.7. The number of carbonyl (C=O) groups is 4. The lowest BCUT2D eigenvalue weighted by atomic mass is 9.67. The molecule has 2 atom stereocenters. The molecule has 0 aromatic heterocycles. The average molecular weight is 383 g/mol. The number of hydrogen-bond donors (Lipinski definition) is 0. The first kappa shape index (κ1) is 18.8. The summed E-state index contributed by atoms with van der Waals surface area (Å²) in [5.74, 6) is -0.518. The van der Waals surface area contributed by atoms with Crippen molar-refractivity contribution in [2.75, 3.05) is 18.1 Å². The molecule has 3 fully saturated rings. The van der Waals surface area contributed by atoms with Crippen LogP contribution >= 0.6 is 0 Å². The Morgan fingerprint density at radius 1 is 1.00 bits per heavy atom. The molecule has 0 spiro atoms. The molecule has 1 aromatic rings. The first-order valence-electron chi connectivity index (χ1n) is 10.2. The van der Waals surface area contributed by atoms with E-state index < -0.39 is 0 Å². The van der Waals surface area contributed by atoms with E-state index in [1.807, 2.05) is 0 Å². The van der Waals surface area contributed by atoms with Gasteiger partial charge in [0, 0.05) is 36.1 Å². The normalized spacial score (nSPS) is 27.0. The highest BCUT2D eigenvalue weighted by Crippen LogP contribution is 2.40. The van der Waals surface area contributed by atoms with Gasteiger partial charge in [-0.1, -0.05) is 6.42 Å². The van der Waals surface area contributed by atoms with Crippen molar-refractivity contribution in [3.05, 3.63) is 29.8 Å². The summed E-state index contributed by atoms with van der Waals surface area (Å²) in [6.45, 7) is 0.413. The minimum Gasteiger partial charge on any atom is -0.457 e. The summed E-state index contributed by atoms with van der Waals surface area (Å²) in [7, 11) is 0. The maximum atomic E-state index is 12.4. The molecular weight excluding hydrogens is 358 g/mol. The predicted molar refractivity (Wildman–Crippen MR) is 102 cm³/mol. The zero-order valence-electron chi connectivity index (χ0n) is 15.9. The fraction of sp³-hybridized carbons (Fsp3) is 0.545. The Morgan fingerprint density at radius 3 is 2.29 bits per heavy atom. The van der Waals surface area contributed by atoms with Gasteiger partial charge in [-0.05, 0) is 56.4 Å². The number of ketones is 2. The van der Waals surface area contributed by atoms with Crippen molar-refractivity contribution in [1.29, 1.82) is 0 Å². The van der Waals surface area contributed by atoms with Crippen molar-refractivity contribution >= 4 is 29.1 Å². The maximum Gasteiger partial charge on any atom is 0.309 e. The van der Waals surface area contributed by atoms with E-state index in [1.165, 1.54) is 0 Å². The van der Waals surface area contributed by atoms with Gasteiger partial charge < -0.3 is 9.64 Å². The highest BCUT2D eigenvalue weighted by Gasteiger charge is 2.41. The van der Waals surface area contributed by atoms with E-state index in [2.05, 4.69) is 0 Å². The van der Waals surface area contributed by atoms with E-state index in [0.29, 0.717) is 37.2 Å². The second-order valence-corrected chi connectivity index (χ2v) is 8.12. The quantitative estimate of drug-likeness (QED) is 0.577. The van der Waals surface area contributed by atoms with E-state index in [1.54, 1.807) is 29.2 Å². The van der Waals surface area contributed by atoms with Gasteiger partial charge in [0.15, 0.2) is 12.4 Å². The molecule has 4 rings (SSSR count). The van der Waals surface area contributed by atoms with Gasteiger partial charge in [0.05, 0.1) is 5.92 Å². The topological polar surface area (TPSA) is 80.8 Å². The van der Waals surface area contributed by atoms with Gasteiger partial charge in [0.25, 0.3) is 0 Å². The molecule has 3 aliphatic rings. The van der Waals surface area contributed by atoms with Gasteiger partial charge in [-0.25, -0.2) is 0 Å². The van der Waals surface area contributed by atoms with Crippen LogP contribution in [0.5, 0.6) is 0 Å². The molecule has 0 unspecified atom stereocenters. The molecule has 148 valence electrons. The number of anilines is 1. The number of fused-ring (bicyclic) bond motifs is 2. The fourth-order valence-electron chi connectivity index (χ4n) is 4.76. The molecule has 0 radical (unpaired) electrons. The third kappa shape index (κ3) is 3.73. The Hall–Kier alpha value is -2.50. The van der Waals surface area contributed by atoms with Gasteiger partial charge in [-0.3, -0.25) is 19.2 Å². The number of esters is 1. The molecule has 1 aromatic carbocycles. The Bertz CT molecular complexity index is 784. The fourth-order valence-corrected chi connectivity index (χ4v) is 4.76. The zero-order valence-corrected chi connectivity index (χ0v) is 15.9. The first-order valence-corrected chi connectivity index (χ1v) is 10.2. The van der Waals surface area contributed by atoms with Crippen molar-refractivity contribution in [3.8, 4) is 0 Å². The Kier molecular flexibility index (Phi) is 5.29. The van der Waals surface area contributed by atoms with Crippen molar-refractivity contribution < 1.29 is 23.9 Å². The number of benzene rings is 1. The van der Waals surface area contributed by atoms with E-state index in [-0.39, 0.29) is 42.0 Å². The van der Waals surface area contributed by atoms with E-state index >= 15 is 0 Å². The van der Waals surface area contributed by atoms with Gasteiger partial charge in [0.2, 0.25) is 5.91 Å². The molecule has 0 N–H and O–H groups in total. The Morgan fingerprint density at radius 2 is 1.68 bits per heavy atom. The van der Waals surface area contributed by atoms with Crippen molar-refractivity contribution in [1.82, 2.24) is 0 Å². The van der Waals surface area contributed by atoms with Crippen LogP contribution in [0.1, 0.15) is 55.3 Å². The largest absolute Gasteiger partial charge is 0.457 e. The monoisotopic (exact) mass is 383 g/mol. The summed E-state index contributed by atoms with van der Waals surface area (Å²) in [4.78, 5) is 50.4. The number of hydrogen-bond acceptors (Lipinski definition) is 5. The SMILES string of the molecule is O=C(COC(=O)C1C[C@@H]2CCC[C@@H](C1)C2=O)c1ccc(N2CCCC2=O)cc1. The van der Waals surface area contributed by atoms with Gasteiger partial charge in [-0.2, -0.15) is 0 Å². The Balaban J connectivity index is 1.31. The summed E-state index contributed by atoms with van der Waals surface area (Å²) >= 11 is 0. The lowest BCUT2D eigenvalue weighted by molar-refractivity contribution is -0.152. The van der Waals surface area contributed by atoms with Crippen LogP contribution in [0, 0.1) is 17.8 Å². The number of amides is 1. The number of rotatable bonds is 5. The lowest BCUT2D eigenvalue weighted by Crippen LogP contribution is -2.39. The van der Waals surface area contributed by atoms with Crippen molar-refractivity contribution in [3.63, 3.8) is 0 Å². The molecule has 6 heteroatoms. The van der Waals surface area contributed by atoms with Gasteiger partial charge in [-0.15, -0.1) is 0 Å². The average Bonchev–Trinajstić information content (AvgIpc) is 3.11. The molecule has 2 bridgehead atoms. The highest BCUT2D eigenvalue weighted by atomic mass is 16.5. The first-order chi connectivity index (χ1) is 13.5. The second-order valence-electron chi connectivity index (χ2n) is 8.12. The number of carbonyl (C=O) groups excluding carboxylic acids is 4. The van der Waals surface area contributed by atoms with Crippen LogP contribution in [0.25, 0.3) is 0 Å². The Labute approximate surface area is 164 Å². The summed E-state index contributed by atoms with van der Waals surface area (Å²) in [5, 5.41) is 0. The molecule has 2 aliphatic carbocycles. The van der Waals surface area contributed by atoms with Gasteiger partial charge >= 0.3 is 5.97 Å². The molecular formula is C22H25NO5. The molecule has 1 aliphatic heterocycles. The van der Waals surface area contributed by atoms with E-state index in [4.69, 9.17) is 4.74 Å². The summed E-state index contributed by atoms with van der Waals surface area (Å²) in [5.41, 5.74) is 1.24. The third-order valence-electron chi connectivity index (χ3n) is 6.30. The highest BCUT2D eigenvalue weighted by molar-refractivity contribution is 5.99. The van der Waals surface area contributed by atoms with Crippen LogP contribution < -0.4 is 4.90 Å². The standard InChI is InChI=1S/C22H25NO5/c24-19(14-6-8-18(9-7-14)23-10-2-5-20(23)25)13-28-22(27)17-11-15-3-1-4-16(12-17)21(15)26/h6-9,15-17H,1-5,10-13H2/t15-,16-/m0/s1.